The number of hydrogen-bond donors (Lipinski definition) is 0. The topological polar surface area (TPSA) is 15.6 Å². The van der Waals surface area contributed by atoms with Crippen LogP contribution in [-0.2, 0) is 0 Å². The Labute approximate surface area is 97.3 Å². The summed E-state index contributed by atoms with van der Waals surface area (Å²) in [5.74, 6) is 0. The molecule has 2 heteroatoms. The van der Waals surface area contributed by atoms with Crippen LogP contribution >= 0.6 is 0 Å². The van der Waals surface area contributed by atoms with E-state index in [0.29, 0.717) is 0 Å². The van der Waals surface area contributed by atoms with Crippen LogP contribution in [0.15, 0.2) is 41.4 Å². The second-order valence-electron chi connectivity index (χ2n) is 3.57. The number of hydrogen-bond acceptors (Lipinski definition) is 2. The third-order valence-corrected chi connectivity index (χ3v) is 2.17. The summed E-state index contributed by atoms with van der Waals surface area (Å²) < 4.78 is 0. The summed E-state index contributed by atoms with van der Waals surface area (Å²) in [4.78, 5) is 6.07. The average Bonchev–Trinajstić information content (AvgIpc) is 2.29. The summed E-state index contributed by atoms with van der Waals surface area (Å²) in [6.07, 6.45) is 9.05. The molecule has 1 aromatic carbocycles. The fourth-order valence-electron chi connectivity index (χ4n) is 1.37. The molecule has 0 amide bonds. The van der Waals surface area contributed by atoms with Crippen LogP contribution in [0.5, 0.6) is 0 Å². The van der Waals surface area contributed by atoms with Crippen LogP contribution in [0.25, 0.3) is 0 Å². The van der Waals surface area contributed by atoms with E-state index in [4.69, 9.17) is 6.42 Å². The molecule has 0 fully saturated rings. The highest BCUT2D eigenvalue weighted by molar-refractivity contribution is 6.09. The highest BCUT2D eigenvalue weighted by Crippen LogP contribution is 2.14. The first-order chi connectivity index (χ1) is 7.69. The van der Waals surface area contributed by atoms with Crippen molar-refractivity contribution in [2.75, 3.05) is 19.0 Å². The number of aliphatic imine (C=N–C) groups is 1. The minimum absolute atomic E-state index is 0.814. The Kier molecular flexibility index (Phi) is 4.35. The van der Waals surface area contributed by atoms with Gasteiger partial charge in [-0.1, -0.05) is 24.6 Å². The average molecular weight is 212 g/mol. The van der Waals surface area contributed by atoms with E-state index in [9.17, 15) is 0 Å². The first-order valence-corrected chi connectivity index (χ1v) is 5.12. The fraction of sp³-hybridized carbons (Fsp3) is 0.214. The molecule has 0 atom stereocenters. The van der Waals surface area contributed by atoms with Gasteiger partial charge < -0.3 is 4.90 Å². The van der Waals surface area contributed by atoms with Crippen molar-refractivity contribution in [1.29, 1.82) is 0 Å². The minimum Gasteiger partial charge on any atom is -0.378 e. The molecular weight excluding hydrogens is 196 g/mol. The molecule has 0 bridgehead atoms. The Balaban J connectivity index is 3.16. The third-order valence-electron chi connectivity index (χ3n) is 2.17. The second-order valence-corrected chi connectivity index (χ2v) is 3.57. The molecule has 0 N–H and O–H groups in total. The van der Waals surface area contributed by atoms with Gasteiger partial charge in [0.25, 0.3) is 0 Å². The maximum atomic E-state index is 5.21. The van der Waals surface area contributed by atoms with Crippen LogP contribution in [0, 0.1) is 12.5 Å². The van der Waals surface area contributed by atoms with Crippen LogP contribution in [-0.4, -0.2) is 19.8 Å². The van der Waals surface area contributed by atoms with Crippen LogP contribution in [0.4, 0.5) is 5.69 Å². The van der Waals surface area contributed by atoms with Gasteiger partial charge in [-0.15, -0.1) is 0 Å². The lowest BCUT2D eigenvalue weighted by Gasteiger charge is -2.13. The maximum absolute atomic E-state index is 5.21. The molecule has 2 nitrogen and oxygen atoms in total. The van der Waals surface area contributed by atoms with E-state index >= 15 is 0 Å². The van der Waals surface area contributed by atoms with Gasteiger partial charge in [-0.25, -0.2) is 0 Å². The SMILES string of the molecule is C#CN=C(/C=C\C)c1cccc(N(C)C)c1. The normalized spacial score (nSPS) is 11.5. The largest absolute Gasteiger partial charge is 0.378 e. The number of benzene rings is 1. The van der Waals surface area contributed by atoms with Gasteiger partial charge in [-0.2, -0.15) is 4.99 Å². The van der Waals surface area contributed by atoms with E-state index in [1.165, 1.54) is 0 Å². The van der Waals surface area contributed by atoms with Crippen LogP contribution < -0.4 is 4.90 Å². The standard InChI is InChI=1S/C14H16N2/c1-5-8-14(15-6-2)12-9-7-10-13(11-12)16(3)4/h2,5,7-11H,1,3-4H3/b8-5-,15-14?. The van der Waals surface area contributed by atoms with Crippen LogP contribution in [0.2, 0.25) is 0 Å². The number of nitrogens with zero attached hydrogens (tertiary/aromatic N) is 2. The van der Waals surface area contributed by atoms with E-state index in [-0.39, 0.29) is 0 Å². The van der Waals surface area contributed by atoms with E-state index in [2.05, 4.69) is 17.1 Å². The Bertz CT molecular complexity index is 448. The number of allylic oxidation sites excluding steroid dienone is 2. The van der Waals surface area contributed by atoms with Gasteiger partial charge in [-0.05, 0) is 25.1 Å². The van der Waals surface area contributed by atoms with E-state index in [0.717, 1.165) is 17.0 Å². The first kappa shape index (κ1) is 12.1. The minimum atomic E-state index is 0.814. The molecule has 1 rings (SSSR count). The lowest BCUT2D eigenvalue weighted by Crippen LogP contribution is -2.09. The Morgan fingerprint density at radius 2 is 2.19 bits per heavy atom. The molecule has 0 saturated heterocycles. The number of terminal acetylenes is 1. The van der Waals surface area contributed by atoms with Crippen molar-refractivity contribution < 1.29 is 0 Å². The molecule has 82 valence electrons. The zero-order valence-electron chi connectivity index (χ0n) is 9.94. The van der Waals surface area contributed by atoms with Gasteiger partial charge in [0.1, 0.15) is 0 Å². The summed E-state index contributed by atoms with van der Waals surface area (Å²) in [7, 11) is 4.01. The van der Waals surface area contributed by atoms with Gasteiger partial charge in [0.2, 0.25) is 0 Å². The molecule has 0 aromatic heterocycles. The van der Waals surface area contributed by atoms with E-state index in [1.807, 2.05) is 56.3 Å². The third kappa shape index (κ3) is 2.99. The van der Waals surface area contributed by atoms with Crippen molar-refractivity contribution >= 4 is 11.4 Å². The zero-order chi connectivity index (χ0) is 12.0. The summed E-state index contributed by atoms with van der Waals surface area (Å²) in [6, 6.07) is 10.4. The van der Waals surface area contributed by atoms with Gasteiger partial charge >= 0.3 is 0 Å². The first-order valence-electron chi connectivity index (χ1n) is 5.12. The quantitative estimate of drug-likeness (QED) is 0.555. The molecule has 0 saturated carbocycles. The maximum Gasteiger partial charge on any atom is 0.0806 e. The monoisotopic (exact) mass is 212 g/mol. The van der Waals surface area contributed by atoms with Crippen molar-refractivity contribution in [1.82, 2.24) is 0 Å². The van der Waals surface area contributed by atoms with E-state index < -0.39 is 0 Å². The molecule has 0 radical (unpaired) electrons. The highest BCUT2D eigenvalue weighted by atomic mass is 15.1. The molecule has 16 heavy (non-hydrogen) atoms. The summed E-state index contributed by atoms with van der Waals surface area (Å²) in [5, 5.41) is 0. The van der Waals surface area contributed by atoms with E-state index in [1.54, 1.807) is 0 Å². The van der Waals surface area contributed by atoms with Crippen molar-refractivity contribution in [3.63, 3.8) is 0 Å². The van der Waals surface area contributed by atoms with Crippen LogP contribution in [0.1, 0.15) is 12.5 Å². The van der Waals surface area contributed by atoms with Gasteiger partial charge in [0, 0.05) is 31.4 Å². The van der Waals surface area contributed by atoms with Crippen molar-refractivity contribution in [2.45, 2.75) is 6.92 Å². The van der Waals surface area contributed by atoms with Gasteiger partial charge in [0.05, 0.1) is 5.71 Å². The second kappa shape index (κ2) is 5.77. The Hall–Kier alpha value is -2.01. The Morgan fingerprint density at radius 1 is 1.44 bits per heavy atom. The van der Waals surface area contributed by atoms with Gasteiger partial charge in [-0.3, -0.25) is 0 Å². The van der Waals surface area contributed by atoms with Crippen LogP contribution in [0.3, 0.4) is 0 Å². The fourth-order valence-corrected chi connectivity index (χ4v) is 1.37. The summed E-state index contributed by atoms with van der Waals surface area (Å²) in [5.41, 5.74) is 2.97. The molecule has 0 aliphatic rings. The lowest BCUT2D eigenvalue weighted by atomic mass is 10.1. The molecule has 0 unspecified atom stereocenters. The smallest absolute Gasteiger partial charge is 0.0806 e. The highest BCUT2D eigenvalue weighted by Gasteiger charge is 2.01. The Morgan fingerprint density at radius 3 is 2.75 bits per heavy atom. The molecule has 0 aliphatic carbocycles. The predicted molar refractivity (Wildman–Crippen MR) is 71.0 cm³/mol. The van der Waals surface area contributed by atoms with Gasteiger partial charge in [0.15, 0.2) is 0 Å². The lowest BCUT2D eigenvalue weighted by molar-refractivity contribution is 1.13. The van der Waals surface area contributed by atoms with Crippen molar-refractivity contribution in [3.8, 4) is 12.5 Å². The summed E-state index contributed by atoms with van der Waals surface area (Å²) in [6.45, 7) is 1.95. The molecule has 0 heterocycles. The molecular formula is C14H16N2. The predicted octanol–water partition coefficient (Wildman–Crippen LogP) is 2.71. The molecule has 0 spiro atoms. The number of anilines is 1. The van der Waals surface area contributed by atoms with Crippen molar-refractivity contribution in [3.05, 3.63) is 42.0 Å². The summed E-state index contributed by atoms with van der Waals surface area (Å²) >= 11 is 0. The zero-order valence-corrected chi connectivity index (χ0v) is 9.94. The van der Waals surface area contributed by atoms with Crippen molar-refractivity contribution in [2.24, 2.45) is 4.99 Å². The number of rotatable bonds is 3. The molecule has 0 aliphatic heterocycles. The molecule has 1 aromatic rings.